The minimum atomic E-state index is -0.192. The number of rotatable bonds is 6. The van der Waals surface area contributed by atoms with Crippen molar-refractivity contribution in [3.05, 3.63) is 0 Å². The quantitative estimate of drug-likeness (QED) is 0.712. The number of likely N-dealkylation sites (tertiary alicyclic amines) is 1. The van der Waals surface area contributed by atoms with Crippen LogP contribution in [-0.4, -0.2) is 49.2 Å². The molecule has 0 aliphatic carbocycles. The lowest BCUT2D eigenvalue weighted by molar-refractivity contribution is -0.145. The Balaban J connectivity index is 2.21. The Labute approximate surface area is 105 Å². The van der Waals surface area contributed by atoms with Gasteiger partial charge >= 0.3 is 5.97 Å². The number of hydrogen-bond donors (Lipinski definition) is 1. The fourth-order valence-electron chi connectivity index (χ4n) is 2.19. The van der Waals surface area contributed by atoms with E-state index in [0.717, 1.165) is 13.1 Å². The molecule has 1 saturated heterocycles. The van der Waals surface area contributed by atoms with Crippen LogP contribution in [0.15, 0.2) is 0 Å². The second-order valence-electron chi connectivity index (χ2n) is 5.13. The highest BCUT2D eigenvalue weighted by Gasteiger charge is 2.25. The van der Waals surface area contributed by atoms with Gasteiger partial charge in [-0.1, -0.05) is 0 Å². The average molecular weight is 242 g/mol. The van der Waals surface area contributed by atoms with Gasteiger partial charge in [0.15, 0.2) is 0 Å². The van der Waals surface area contributed by atoms with E-state index < -0.39 is 0 Å². The highest BCUT2D eigenvalue weighted by atomic mass is 16.5. The Morgan fingerprint density at radius 1 is 1.47 bits per heavy atom. The number of nitrogens with one attached hydrogen (secondary N) is 1. The van der Waals surface area contributed by atoms with Gasteiger partial charge in [0.05, 0.1) is 6.61 Å². The maximum atomic E-state index is 11.4. The third-order valence-electron chi connectivity index (χ3n) is 3.40. The highest BCUT2D eigenvalue weighted by molar-refractivity contribution is 5.75. The lowest BCUT2D eigenvalue weighted by atomic mass is 10.1. The third-order valence-corrected chi connectivity index (χ3v) is 3.40. The maximum absolute atomic E-state index is 11.4. The normalized spacial score (nSPS) is 23.0. The second kappa shape index (κ2) is 6.97. The molecule has 17 heavy (non-hydrogen) atoms. The van der Waals surface area contributed by atoms with Crippen LogP contribution >= 0.6 is 0 Å². The Hall–Kier alpha value is -0.610. The Morgan fingerprint density at radius 3 is 2.71 bits per heavy atom. The Bertz CT molecular complexity index is 244. The first-order chi connectivity index (χ1) is 8.04. The summed E-state index contributed by atoms with van der Waals surface area (Å²) in [7, 11) is 0. The molecule has 0 radical (unpaired) electrons. The predicted octanol–water partition coefficient (Wildman–Crippen LogP) is 1.26. The summed E-state index contributed by atoms with van der Waals surface area (Å²) in [5.41, 5.74) is 0. The zero-order valence-electron chi connectivity index (χ0n) is 11.5. The van der Waals surface area contributed by atoms with Crippen molar-refractivity contribution in [3.8, 4) is 0 Å². The van der Waals surface area contributed by atoms with Crippen molar-refractivity contribution < 1.29 is 9.53 Å². The number of ether oxygens (including phenoxy) is 1. The lowest BCUT2D eigenvalue weighted by Crippen LogP contribution is -2.39. The van der Waals surface area contributed by atoms with Gasteiger partial charge in [0.2, 0.25) is 0 Å². The van der Waals surface area contributed by atoms with E-state index in [9.17, 15) is 4.79 Å². The number of esters is 1. The van der Waals surface area contributed by atoms with Gasteiger partial charge < -0.3 is 15.0 Å². The molecule has 0 spiro atoms. The van der Waals surface area contributed by atoms with E-state index in [1.807, 2.05) is 13.8 Å². The molecule has 1 aliphatic rings. The molecule has 2 atom stereocenters. The van der Waals surface area contributed by atoms with Gasteiger partial charge in [0, 0.05) is 19.1 Å². The summed E-state index contributed by atoms with van der Waals surface area (Å²) in [5.74, 6) is 0.514. The van der Waals surface area contributed by atoms with Crippen molar-refractivity contribution in [3.63, 3.8) is 0 Å². The van der Waals surface area contributed by atoms with Crippen molar-refractivity contribution in [2.75, 3.05) is 26.2 Å². The van der Waals surface area contributed by atoms with E-state index in [1.165, 1.54) is 13.0 Å². The molecule has 1 heterocycles. The maximum Gasteiger partial charge on any atom is 0.322 e. The molecule has 0 bridgehead atoms. The van der Waals surface area contributed by atoms with Crippen molar-refractivity contribution >= 4 is 5.97 Å². The second-order valence-corrected chi connectivity index (χ2v) is 5.13. The number of carbonyl (C=O) groups is 1. The molecule has 0 aromatic rings. The summed E-state index contributed by atoms with van der Waals surface area (Å²) in [6.45, 7) is 11.8. The number of nitrogens with zero attached hydrogens (tertiary/aromatic N) is 1. The first kappa shape index (κ1) is 14.5. The molecular weight excluding hydrogens is 216 g/mol. The van der Waals surface area contributed by atoms with E-state index >= 15 is 0 Å². The molecule has 1 aliphatic heterocycles. The van der Waals surface area contributed by atoms with Crippen molar-refractivity contribution in [1.82, 2.24) is 10.2 Å². The van der Waals surface area contributed by atoms with Crippen LogP contribution in [0.4, 0.5) is 0 Å². The van der Waals surface area contributed by atoms with Crippen LogP contribution in [0, 0.1) is 5.92 Å². The minimum Gasteiger partial charge on any atom is -0.465 e. The zero-order valence-corrected chi connectivity index (χ0v) is 11.5. The summed E-state index contributed by atoms with van der Waals surface area (Å²) in [6.07, 6.45) is 1.22. The molecule has 0 saturated carbocycles. The van der Waals surface area contributed by atoms with Gasteiger partial charge in [-0.15, -0.1) is 0 Å². The van der Waals surface area contributed by atoms with E-state index in [2.05, 4.69) is 24.1 Å². The van der Waals surface area contributed by atoms with E-state index in [4.69, 9.17) is 4.74 Å². The van der Waals surface area contributed by atoms with Gasteiger partial charge in [0.1, 0.15) is 6.04 Å². The van der Waals surface area contributed by atoms with E-state index in [0.29, 0.717) is 18.6 Å². The monoisotopic (exact) mass is 242 g/mol. The molecule has 1 rings (SSSR count). The van der Waals surface area contributed by atoms with E-state index in [1.54, 1.807) is 0 Å². The minimum absolute atomic E-state index is 0.147. The molecule has 2 unspecified atom stereocenters. The molecule has 1 N–H and O–H groups in total. The Morgan fingerprint density at radius 2 is 2.18 bits per heavy atom. The van der Waals surface area contributed by atoms with Crippen molar-refractivity contribution in [2.45, 2.75) is 46.2 Å². The van der Waals surface area contributed by atoms with Crippen LogP contribution in [0.1, 0.15) is 34.1 Å². The number of hydrogen-bond acceptors (Lipinski definition) is 4. The molecular formula is C13H26N2O2. The summed E-state index contributed by atoms with van der Waals surface area (Å²) >= 11 is 0. The predicted molar refractivity (Wildman–Crippen MR) is 68.9 cm³/mol. The lowest BCUT2D eigenvalue weighted by Gasteiger charge is -2.21. The van der Waals surface area contributed by atoms with Crippen LogP contribution in [0.2, 0.25) is 0 Å². The topological polar surface area (TPSA) is 41.6 Å². The first-order valence-electron chi connectivity index (χ1n) is 6.68. The molecule has 4 nitrogen and oxygen atoms in total. The standard InChI is InChI=1S/C13H26N2O2/c1-5-17-13(16)11(4)14-8-12-6-7-15(9-12)10(2)3/h10-12,14H,5-9H2,1-4H3. The van der Waals surface area contributed by atoms with Gasteiger partial charge in [-0.3, -0.25) is 4.79 Å². The molecule has 0 aromatic heterocycles. The van der Waals surface area contributed by atoms with Gasteiger partial charge in [-0.25, -0.2) is 0 Å². The van der Waals surface area contributed by atoms with Crippen LogP contribution in [0.3, 0.4) is 0 Å². The fraction of sp³-hybridized carbons (Fsp3) is 0.923. The summed E-state index contributed by atoms with van der Waals surface area (Å²) < 4.78 is 4.97. The van der Waals surface area contributed by atoms with E-state index in [-0.39, 0.29) is 12.0 Å². The molecule has 0 aromatic carbocycles. The largest absolute Gasteiger partial charge is 0.465 e. The molecule has 100 valence electrons. The SMILES string of the molecule is CCOC(=O)C(C)NCC1CCN(C(C)C)C1. The highest BCUT2D eigenvalue weighted by Crippen LogP contribution is 2.17. The molecule has 4 heteroatoms. The molecule has 0 amide bonds. The van der Waals surface area contributed by atoms with Crippen LogP contribution < -0.4 is 5.32 Å². The molecule has 1 fully saturated rings. The van der Waals surface area contributed by atoms with Crippen LogP contribution in [0.5, 0.6) is 0 Å². The first-order valence-corrected chi connectivity index (χ1v) is 6.68. The van der Waals surface area contributed by atoms with Crippen LogP contribution in [-0.2, 0) is 9.53 Å². The smallest absolute Gasteiger partial charge is 0.322 e. The summed E-state index contributed by atoms with van der Waals surface area (Å²) in [6, 6.07) is 0.436. The zero-order chi connectivity index (χ0) is 12.8. The van der Waals surface area contributed by atoms with Crippen molar-refractivity contribution in [1.29, 1.82) is 0 Å². The van der Waals surface area contributed by atoms with Crippen molar-refractivity contribution in [2.24, 2.45) is 5.92 Å². The summed E-state index contributed by atoms with van der Waals surface area (Å²) in [4.78, 5) is 13.9. The summed E-state index contributed by atoms with van der Waals surface area (Å²) in [5, 5.41) is 3.27. The number of carbonyl (C=O) groups excluding carboxylic acids is 1. The van der Waals surface area contributed by atoms with Gasteiger partial charge in [-0.2, -0.15) is 0 Å². The van der Waals surface area contributed by atoms with Gasteiger partial charge in [0.25, 0.3) is 0 Å². The average Bonchev–Trinajstić information content (AvgIpc) is 2.75. The van der Waals surface area contributed by atoms with Crippen LogP contribution in [0.25, 0.3) is 0 Å². The Kier molecular flexibility index (Phi) is 5.92. The van der Waals surface area contributed by atoms with Gasteiger partial charge in [-0.05, 0) is 46.6 Å². The fourth-order valence-corrected chi connectivity index (χ4v) is 2.19. The third kappa shape index (κ3) is 4.64.